The normalized spacial score (nSPS) is 21.5. The number of benzene rings is 1. The molecule has 0 saturated heterocycles. The van der Waals surface area contributed by atoms with Crippen LogP contribution >= 0.6 is 0 Å². The van der Waals surface area contributed by atoms with E-state index >= 15 is 0 Å². The van der Waals surface area contributed by atoms with Crippen molar-refractivity contribution in [3.8, 4) is 0 Å². The fourth-order valence-electron chi connectivity index (χ4n) is 4.40. The largest absolute Gasteiger partial charge is 0.457 e. The van der Waals surface area contributed by atoms with Gasteiger partial charge in [0, 0.05) is 42.3 Å². The number of H-pyrrole nitrogens is 1. The number of carbonyl (C=O) groups is 1. The Bertz CT molecular complexity index is 1170. The van der Waals surface area contributed by atoms with Crippen molar-refractivity contribution in [2.24, 2.45) is 11.7 Å². The Hall–Kier alpha value is -3.51. The highest BCUT2D eigenvalue weighted by atomic mass is 16.5. The van der Waals surface area contributed by atoms with Crippen molar-refractivity contribution in [1.29, 1.82) is 0 Å². The number of para-hydroxylation sites is 1. The van der Waals surface area contributed by atoms with Gasteiger partial charge in [0.15, 0.2) is 5.76 Å². The van der Waals surface area contributed by atoms with Crippen LogP contribution in [0.1, 0.15) is 18.4 Å². The zero-order chi connectivity index (χ0) is 21.2. The lowest BCUT2D eigenvalue weighted by atomic mass is 9.92. The Balaban J connectivity index is 1.19. The highest BCUT2D eigenvalue weighted by molar-refractivity contribution is 5.92. The van der Waals surface area contributed by atoms with Gasteiger partial charge in [-0.3, -0.25) is 9.69 Å². The first kappa shape index (κ1) is 19.5. The van der Waals surface area contributed by atoms with Crippen LogP contribution in [0, 0.1) is 5.92 Å². The number of rotatable bonds is 5. The molecule has 6 nitrogen and oxygen atoms in total. The minimum absolute atomic E-state index is 0.0124. The number of carbonyl (C=O) groups excluding carboxylic acids is 1. The molecule has 0 radical (unpaired) electrons. The molecule has 0 saturated carbocycles. The average molecular weight is 415 g/mol. The molecule has 3 heterocycles. The molecule has 3 aliphatic rings. The second-order valence-corrected chi connectivity index (χ2v) is 8.09. The molecular weight excluding hydrogens is 390 g/mol. The van der Waals surface area contributed by atoms with Crippen molar-refractivity contribution in [3.05, 3.63) is 89.9 Å². The van der Waals surface area contributed by atoms with Crippen molar-refractivity contribution < 1.29 is 14.3 Å². The molecule has 1 aliphatic carbocycles. The summed E-state index contributed by atoms with van der Waals surface area (Å²) < 4.78 is 10.8. The Morgan fingerprint density at radius 1 is 1.19 bits per heavy atom. The number of fused-ring (bicyclic) bond motifs is 1. The number of nitrogens with one attached hydrogen (secondary N) is 1. The second-order valence-electron chi connectivity index (χ2n) is 8.09. The van der Waals surface area contributed by atoms with Crippen LogP contribution in [-0.2, 0) is 14.3 Å². The monoisotopic (exact) mass is 415 g/mol. The summed E-state index contributed by atoms with van der Waals surface area (Å²) in [6.07, 6.45) is 15.5. The van der Waals surface area contributed by atoms with E-state index in [-0.39, 0.29) is 5.76 Å². The van der Waals surface area contributed by atoms with Gasteiger partial charge in [-0.05, 0) is 36.0 Å². The van der Waals surface area contributed by atoms with Gasteiger partial charge in [-0.25, -0.2) is 0 Å². The number of ether oxygens (including phenoxy) is 2. The number of nitrogens with two attached hydrogens (primary N) is 1. The third-order valence-corrected chi connectivity index (χ3v) is 6.03. The van der Waals surface area contributed by atoms with Crippen LogP contribution in [0.4, 0.5) is 0 Å². The zero-order valence-corrected chi connectivity index (χ0v) is 17.2. The predicted molar refractivity (Wildman–Crippen MR) is 120 cm³/mol. The van der Waals surface area contributed by atoms with Crippen molar-refractivity contribution in [2.45, 2.75) is 12.8 Å². The Kier molecular flexibility index (Phi) is 5.22. The number of aromatic amines is 1. The number of primary amides is 1. The number of nitrogens with zero attached hydrogens (tertiary/aromatic N) is 1. The maximum absolute atomic E-state index is 11.2. The average Bonchev–Trinajstić information content (AvgIpc) is 3.24. The van der Waals surface area contributed by atoms with Crippen LogP contribution in [0.5, 0.6) is 0 Å². The van der Waals surface area contributed by atoms with Gasteiger partial charge in [0.25, 0.3) is 5.91 Å². The molecule has 1 aromatic carbocycles. The maximum atomic E-state index is 11.2. The van der Waals surface area contributed by atoms with E-state index in [9.17, 15) is 4.79 Å². The lowest BCUT2D eigenvalue weighted by Crippen LogP contribution is -2.33. The van der Waals surface area contributed by atoms with Crippen molar-refractivity contribution >= 4 is 22.4 Å². The van der Waals surface area contributed by atoms with E-state index in [1.807, 2.05) is 6.08 Å². The first-order valence-corrected chi connectivity index (χ1v) is 10.6. The lowest BCUT2D eigenvalue weighted by molar-refractivity contribution is -0.117. The Morgan fingerprint density at radius 3 is 2.87 bits per heavy atom. The van der Waals surface area contributed by atoms with Gasteiger partial charge in [-0.1, -0.05) is 42.5 Å². The molecule has 2 aliphatic heterocycles. The van der Waals surface area contributed by atoms with Crippen LogP contribution in [0.15, 0.2) is 84.4 Å². The van der Waals surface area contributed by atoms with Gasteiger partial charge >= 0.3 is 0 Å². The van der Waals surface area contributed by atoms with Crippen LogP contribution in [0.25, 0.3) is 16.5 Å². The Labute approximate surface area is 181 Å². The third kappa shape index (κ3) is 4.07. The highest BCUT2D eigenvalue weighted by Gasteiger charge is 2.23. The predicted octanol–water partition coefficient (Wildman–Crippen LogP) is 3.97. The molecule has 0 bridgehead atoms. The van der Waals surface area contributed by atoms with Gasteiger partial charge in [0.2, 0.25) is 5.76 Å². The van der Waals surface area contributed by atoms with Crippen LogP contribution in [0.2, 0.25) is 0 Å². The quantitative estimate of drug-likeness (QED) is 0.774. The maximum Gasteiger partial charge on any atom is 0.287 e. The summed E-state index contributed by atoms with van der Waals surface area (Å²) in [5.41, 5.74) is 10.2. The number of hydrogen-bond acceptors (Lipinski definition) is 4. The fourth-order valence-corrected chi connectivity index (χ4v) is 4.40. The first-order valence-electron chi connectivity index (χ1n) is 10.6. The summed E-state index contributed by atoms with van der Waals surface area (Å²) in [4.78, 5) is 17.0. The van der Waals surface area contributed by atoms with Crippen LogP contribution in [0.3, 0.4) is 0 Å². The van der Waals surface area contributed by atoms with Crippen molar-refractivity contribution in [3.63, 3.8) is 0 Å². The van der Waals surface area contributed by atoms with Crippen molar-refractivity contribution in [2.75, 3.05) is 19.6 Å². The molecular formula is C25H25N3O3. The van der Waals surface area contributed by atoms with Gasteiger partial charge in [-0.15, -0.1) is 0 Å². The minimum atomic E-state index is -0.643. The molecule has 1 atom stereocenters. The molecule has 0 spiro atoms. The molecule has 2 aromatic rings. The van der Waals surface area contributed by atoms with Gasteiger partial charge < -0.3 is 20.2 Å². The van der Waals surface area contributed by atoms with Gasteiger partial charge in [0.05, 0.1) is 0 Å². The summed E-state index contributed by atoms with van der Waals surface area (Å²) in [6.45, 7) is 2.98. The van der Waals surface area contributed by atoms with E-state index < -0.39 is 5.91 Å². The lowest BCUT2D eigenvalue weighted by Gasteiger charge is -2.30. The summed E-state index contributed by atoms with van der Waals surface area (Å²) in [5.74, 6) is 0.391. The summed E-state index contributed by atoms with van der Waals surface area (Å²) in [5, 5.41) is 1.30. The molecule has 6 heteroatoms. The topological polar surface area (TPSA) is 80.6 Å². The summed E-state index contributed by atoms with van der Waals surface area (Å²) in [6, 6.07) is 8.46. The molecule has 5 rings (SSSR count). The molecule has 0 fully saturated rings. The number of aromatic nitrogens is 1. The van der Waals surface area contributed by atoms with E-state index in [0.717, 1.165) is 38.0 Å². The van der Waals surface area contributed by atoms with E-state index in [2.05, 4.69) is 58.6 Å². The van der Waals surface area contributed by atoms with E-state index in [1.54, 1.807) is 0 Å². The second kappa shape index (κ2) is 8.32. The van der Waals surface area contributed by atoms with E-state index in [1.165, 1.54) is 34.6 Å². The number of hydrogen-bond donors (Lipinski definition) is 2. The fraction of sp³-hybridized carbons (Fsp3) is 0.240. The van der Waals surface area contributed by atoms with E-state index in [4.69, 9.17) is 15.2 Å². The standard InChI is InChI=1S/C25H25N3O3/c26-25(29)24-16-30-23(15-31-24)19-5-3-4-17(12-19)14-28-10-8-18(9-11-28)21-13-27-22-7-2-1-6-20(21)22/h1-8,13,15-17,27H,9-12,14H2,(H2,26,29). The van der Waals surface area contributed by atoms with Crippen molar-refractivity contribution in [1.82, 2.24) is 9.88 Å². The summed E-state index contributed by atoms with van der Waals surface area (Å²) in [7, 11) is 0. The Morgan fingerprint density at radius 2 is 2.10 bits per heavy atom. The SMILES string of the molecule is NC(=O)C1=COC(C2=CC=CC(CN3CC=C(c4c[nH]c5ccccc45)CC3)C2)=CO1. The molecule has 31 heavy (non-hydrogen) atoms. The molecule has 3 N–H and O–H groups in total. The number of allylic oxidation sites excluding steroid dienone is 3. The third-order valence-electron chi connectivity index (χ3n) is 6.03. The molecule has 1 unspecified atom stereocenters. The van der Waals surface area contributed by atoms with Gasteiger partial charge in [0.1, 0.15) is 12.5 Å². The molecule has 1 aromatic heterocycles. The smallest absolute Gasteiger partial charge is 0.287 e. The highest BCUT2D eigenvalue weighted by Crippen LogP contribution is 2.31. The van der Waals surface area contributed by atoms with Crippen LogP contribution < -0.4 is 5.73 Å². The zero-order valence-electron chi connectivity index (χ0n) is 17.2. The van der Waals surface area contributed by atoms with Crippen LogP contribution in [-0.4, -0.2) is 35.4 Å². The first-order chi connectivity index (χ1) is 15.2. The molecule has 158 valence electrons. The van der Waals surface area contributed by atoms with E-state index in [0.29, 0.717) is 11.7 Å². The minimum Gasteiger partial charge on any atom is -0.457 e. The summed E-state index contributed by atoms with van der Waals surface area (Å²) >= 11 is 0. The number of amides is 1. The molecule has 1 amide bonds. The van der Waals surface area contributed by atoms with Gasteiger partial charge in [-0.2, -0.15) is 0 Å².